The molecule has 3 heteroatoms. The lowest BCUT2D eigenvalue weighted by Crippen LogP contribution is -2.32. The first kappa shape index (κ1) is 14.8. The Morgan fingerprint density at radius 2 is 1.95 bits per heavy atom. The number of rotatable bonds is 5. The second-order valence-electron chi connectivity index (χ2n) is 5.54. The maximum Gasteiger partial charge on any atom is 0.328 e. The van der Waals surface area contributed by atoms with Crippen LogP contribution in [0.25, 0.3) is 6.08 Å². The zero-order valence-corrected chi connectivity index (χ0v) is 12.1. The Balaban J connectivity index is 1.86. The predicted octanol–water partition coefficient (Wildman–Crippen LogP) is 3.41. The molecule has 2 rings (SSSR count). The van der Waals surface area contributed by atoms with Crippen LogP contribution in [0.3, 0.4) is 0 Å². The maximum absolute atomic E-state index is 10.5. The van der Waals surface area contributed by atoms with Gasteiger partial charge in [-0.2, -0.15) is 0 Å². The molecule has 0 bridgehead atoms. The molecular formula is C17H23NO2. The lowest BCUT2D eigenvalue weighted by molar-refractivity contribution is -0.131. The van der Waals surface area contributed by atoms with E-state index in [9.17, 15) is 4.79 Å². The van der Waals surface area contributed by atoms with Crippen molar-refractivity contribution in [1.82, 2.24) is 4.90 Å². The quantitative estimate of drug-likeness (QED) is 0.836. The number of hydrogen-bond acceptors (Lipinski definition) is 2. The van der Waals surface area contributed by atoms with Crippen LogP contribution < -0.4 is 0 Å². The Bertz CT molecular complexity index is 456. The Morgan fingerprint density at radius 1 is 1.30 bits per heavy atom. The summed E-state index contributed by atoms with van der Waals surface area (Å²) >= 11 is 0. The van der Waals surface area contributed by atoms with Crippen LogP contribution in [0.2, 0.25) is 0 Å². The highest BCUT2D eigenvalue weighted by Crippen LogP contribution is 2.21. The Labute approximate surface area is 120 Å². The van der Waals surface area contributed by atoms with Gasteiger partial charge in [0.1, 0.15) is 0 Å². The lowest BCUT2D eigenvalue weighted by Gasteiger charge is -2.31. The highest BCUT2D eigenvalue weighted by atomic mass is 16.4. The minimum Gasteiger partial charge on any atom is -0.478 e. The average Bonchev–Trinajstić information content (AvgIpc) is 2.47. The van der Waals surface area contributed by atoms with Crippen LogP contribution in [0.1, 0.15) is 37.3 Å². The molecule has 3 nitrogen and oxygen atoms in total. The standard InChI is InChI=1S/C17H23NO2/c1-2-14-9-11-18(12-10-14)13-16-5-3-15(4-6-16)7-8-17(19)20/h3-8,14H,2,9-13H2,1H3,(H,19,20). The smallest absolute Gasteiger partial charge is 0.328 e. The van der Waals surface area contributed by atoms with Crippen LogP contribution in [-0.4, -0.2) is 29.1 Å². The Hall–Kier alpha value is -1.61. The molecular weight excluding hydrogens is 250 g/mol. The van der Waals surface area contributed by atoms with Gasteiger partial charge in [0.2, 0.25) is 0 Å². The van der Waals surface area contributed by atoms with E-state index in [1.165, 1.54) is 44.0 Å². The van der Waals surface area contributed by atoms with Gasteiger partial charge in [0.25, 0.3) is 0 Å². The van der Waals surface area contributed by atoms with Crippen LogP contribution in [-0.2, 0) is 11.3 Å². The topological polar surface area (TPSA) is 40.5 Å². The fourth-order valence-electron chi connectivity index (χ4n) is 2.71. The van der Waals surface area contributed by atoms with Crippen molar-refractivity contribution in [2.24, 2.45) is 5.92 Å². The SMILES string of the molecule is CCC1CCN(Cc2ccc(C=CC(=O)O)cc2)CC1. The minimum atomic E-state index is -0.909. The van der Waals surface area contributed by atoms with Crippen molar-refractivity contribution in [3.8, 4) is 0 Å². The van der Waals surface area contributed by atoms with Crippen molar-refractivity contribution in [3.05, 3.63) is 41.5 Å². The van der Waals surface area contributed by atoms with Crippen LogP contribution in [0, 0.1) is 5.92 Å². The largest absolute Gasteiger partial charge is 0.478 e. The van der Waals surface area contributed by atoms with Gasteiger partial charge < -0.3 is 5.11 Å². The number of nitrogens with zero attached hydrogens (tertiary/aromatic N) is 1. The third-order valence-electron chi connectivity index (χ3n) is 4.09. The number of carboxylic acid groups (broad SMARTS) is 1. The number of benzene rings is 1. The molecule has 1 aromatic carbocycles. The molecule has 0 amide bonds. The van der Waals surface area contributed by atoms with Crippen LogP contribution in [0.15, 0.2) is 30.3 Å². The van der Waals surface area contributed by atoms with Gasteiger partial charge in [-0.15, -0.1) is 0 Å². The van der Waals surface area contributed by atoms with E-state index in [4.69, 9.17) is 5.11 Å². The molecule has 20 heavy (non-hydrogen) atoms. The van der Waals surface area contributed by atoms with E-state index < -0.39 is 5.97 Å². The molecule has 0 aromatic heterocycles. The molecule has 1 aliphatic heterocycles. The Kier molecular flexibility index (Phi) is 5.36. The average molecular weight is 273 g/mol. The molecule has 0 aliphatic carbocycles. The third kappa shape index (κ3) is 4.49. The number of hydrogen-bond donors (Lipinski definition) is 1. The summed E-state index contributed by atoms with van der Waals surface area (Å²) in [6, 6.07) is 8.14. The fraction of sp³-hybridized carbons (Fsp3) is 0.471. The molecule has 1 aliphatic rings. The van der Waals surface area contributed by atoms with E-state index in [1.807, 2.05) is 12.1 Å². The molecule has 0 saturated carbocycles. The summed E-state index contributed by atoms with van der Waals surface area (Å²) in [5.41, 5.74) is 2.23. The first-order valence-corrected chi connectivity index (χ1v) is 7.39. The molecule has 0 spiro atoms. The van der Waals surface area contributed by atoms with E-state index in [0.717, 1.165) is 18.0 Å². The third-order valence-corrected chi connectivity index (χ3v) is 4.09. The molecule has 1 heterocycles. The van der Waals surface area contributed by atoms with Crippen molar-refractivity contribution >= 4 is 12.0 Å². The highest BCUT2D eigenvalue weighted by Gasteiger charge is 2.17. The molecule has 1 N–H and O–H groups in total. The molecule has 1 aromatic rings. The predicted molar refractivity (Wildman–Crippen MR) is 81.4 cm³/mol. The van der Waals surface area contributed by atoms with Gasteiger partial charge in [-0.05, 0) is 49.1 Å². The second-order valence-corrected chi connectivity index (χ2v) is 5.54. The van der Waals surface area contributed by atoms with Gasteiger partial charge in [-0.1, -0.05) is 37.6 Å². The monoisotopic (exact) mass is 273 g/mol. The van der Waals surface area contributed by atoms with E-state index >= 15 is 0 Å². The van der Waals surface area contributed by atoms with Crippen molar-refractivity contribution in [2.75, 3.05) is 13.1 Å². The first-order valence-electron chi connectivity index (χ1n) is 7.39. The minimum absolute atomic E-state index is 0.909. The number of aliphatic carboxylic acids is 1. The van der Waals surface area contributed by atoms with Crippen molar-refractivity contribution in [2.45, 2.75) is 32.7 Å². The summed E-state index contributed by atoms with van der Waals surface area (Å²) in [6.07, 6.45) is 6.73. The summed E-state index contributed by atoms with van der Waals surface area (Å²) in [5.74, 6) is 0.00246. The maximum atomic E-state index is 10.5. The van der Waals surface area contributed by atoms with Gasteiger partial charge in [-0.25, -0.2) is 4.79 Å². The summed E-state index contributed by atoms with van der Waals surface area (Å²) in [6.45, 7) is 5.67. The van der Waals surface area contributed by atoms with E-state index in [0.29, 0.717) is 0 Å². The molecule has 0 radical (unpaired) electrons. The Morgan fingerprint density at radius 3 is 2.50 bits per heavy atom. The van der Waals surface area contributed by atoms with E-state index in [-0.39, 0.29) is 0 Å². The van der Waals surface area contributed by atoms with Crippen LogP contribution in [0.4, 0.5) is 0 Å². The summed E-state index contributed by atoms with van der Waals surface area (Å²) in [5, 5.41) is 8.59. The van der Waals surface area contributed by atoms with Gasteiger partial charge in [-0.3, -0.25) is 4.90 Å². The number of carbonyl (C=O) groups is 1. The molecule has 0 unspecified atom stereocenters. The fourth-order valence-corrected chi connectivity index (χ4v) is 2.71. The second kappa shape index (κ2) is 7.25. The van der Waals surface area contributed by atoms with E-state index in [1.54, 1.807) is 6.08 Å². The summed E-state index contributed by atoms with van der Waals surface area (Å²) < 4.78 is 0. The normalized spacial score (nSPS) is 17.6. The highest BCUT2D eigenvalue weighted by molar-refractivity contribution is 5.85. The zero-order valence-electron chi connectivity index (χ0n) is 12.1. The van der Waals surface area contributed by atoms with Crippen LogP contribution >= 0.6 is 0 Å². The zero-order chi connectivity index (χ0) is 14.4. The van der Waals surface area contributed by atoms with Gasteiger partial charge in [0.05, 0.1) is 0 Å². The molecule has 1 saturated heterocycles. The first-order chi connectivity index (χ1) is 9.67. The van der Waals surface area contributed by atoms with Crippen molar-refractivity contribution in [3.63, 3.8) is 0 Å². The summed E-state index contributed by atoms with van der Waals surface area (Å²) in [7, 11) is 0. The van der Waals surface area contributed by atoms with E-state index in [2.05, 4.69) is 24.0 Å². The number of likely N-dealkylation sites (tertiary alicyclic amines) is 1. The van der Waals surface area contributed by atoms with Gasteiger partial charge in [0, 0.05) is 12.6 Å². The summed E-state index contributed by atoms with van der Waals surface area (Å²) in [4.78, 5) is 13.0. The molecule has 108 valence electrons. The molecule has 1 fully saturated rings. The molecule has 0 atom stereocenters. The number of carboxylic acids is 1. The van der Waals surface area contributed by atoms with Gasteiger partial charge >= 0.3 is 5.97 Å². The van der Waals surface area contributed by atoms with Gasteiger partial charge in [0.15, 0.2) is 0 Å². The number of piperidine rings is 1. The van der Waals surface area contributed by atoms with Crippen LogP contribution in [0.5, 0.6) is 0 Å². The lowest BCUT2D eigenvalue weighted by atomic mass is 9.94. The van der Waals surface area contributed by atoms with Crippen molar-refractivity contribution in [1.29, 1.82) is 0 Å². The van der Waals surface area contributed by atoms with Crippen molar-refractivity contribution < 1.29 is 9.90 Å².